The van der Waals surface area contributed by atoms with Gasteiger partial charge in [0.15, 0.2) is 9.84 Å². The number of sulfone groups is 1. The van der Waals surface area contributed by atoms with Crippen molar-refractivity contribution in [3.8, 4) is 0 Å². The normalized spacial score (nSPS) is 20.5. The summed E-state index contributed by atoms with van der Waals surface area (Å²) in [5, 5.41) is 2.88. The molecular formula is C20H20F3NO3S. The van der Waals surface area contributed by atoms with Crippen molar-refractivity contribution in [2.24, 2.45) is 5.92 Å². The number of hydrogen-bond acceptors (Lipinski definition) is 3. The van der Waals surface area contributed by atoms with E-state index in [4.69, 9.17) is 0 Å². The Hall–Kier alpha value is -2.35. The van der Waals surface area contributed by atoms with Crippen LogP contribution in [-0.4, -0.2) is 20.6 Å². The van der Waals surface area contributed by atoms with E-state index in [9.17, 15) is 26.4 Å². The summed E-state index contributed by atoms with van der Waals surface area (Å²) >= 11 is 0. The highest BCUT2D eigenvalue weighted by Gasteiger charge is 2.44. The molecule has 28 heavy (non-hydrogen) atoms. The van der Waals surface area contributed by atoms with Gasteiger partial charge in [-0.05, 0) is 54.7 Å². The maximum absolute atomic E-state index is 12.6. The van der Waals surface area contributed by atoms with Crippen molar-refractivity contribution in [1.29, 1.82) is 0 Å². The molecule has 1 amide bonds. The second-order valence-corrected chi connectivity index (χ2v) is 9.16. The van der Waals surface area contributed by atoms with E-state index in [1.54, 1.807) is 19.1 Å². The van der Waals surface area contributed by atoms with E-state index in [-0.39, 0.29) is 28.7 Å². The summed E-state index contributed by atoms with van der Waals surface area (Å²) in [5.41, 5.74) is 0.787. The van der Waals surface area contributed by atoms with Gasteiger partial charge in [-0.2, -0.15) is 13.2 Å². The molecule has 2 aromatic carbocycles. The fourth-order valence-electron chi connectivity index (χ4n) is 3.18. The lowest BCUT2D eigenvalue weighted by molar-refractivity contribution is -0.137. The van der Waals surface area contributed by atoms with Gasteiger partial charge in [-0.15, -0.1) is 0 Å². The van der Waals surface area contributed by atoms with Gasteiger partial charge < -0.3 is 5.32 Å². The Morgan fingerprint density at radius 1 is 1.07 bits per heavy atom. The maximum atomic E-state index is 12.6. The number of carbonyl (C=O) groups is 1. The third-order valence-corrected chi connectivity index (χ3v) is 6.09. The van der Waals surface area contributed by atoms with Crippen molar-refractivity contribution in [3.05, 3.63) is 65.2 Å². The number of hydrogen-bond donors (Lipinski definition) is 1. The van der Waals surface area contributed by atoms with Gasteiger partial charge in [-0.1, -0.05) is 24.3 Å². The van der Waals surface area contributed by atoms with E-state index < -0.39 is 21.6 Å². The first kappa shape index (κ1) is 20.4. The Morgan fingerprint density at radius 2 is 1.64 bits per heavy atom. The number of alkyl halides is 3. The average Bonchev–Trinajstić information content (AvgIpc) is 3.41. The molecule has 0 aromatic heterocycles. The summed E-state index contributed by atoms with van der Waals surface area (Å²) in [6, 6.07) is 10.9. The molecule has 1 fully saturated rings. The standard InChI is InChI=1S/C20H20F3NO3S/c1-12(13-5-9-16(10-6-13)28(2,26)27)24-19(25)18-11-17(18)14-3-7-15(8-4-14)20(21,22)23/h3-10,12,17-18H,11H2,1-2H3,(H,24,25)/t12-,17-,18+/m0/s1. The van der Waals surface area contributed by atoms with Gasteiger partial charge in [0.05, 0.1) is 16.5 Å². The van der Waals surface area contributed by atoms with Crippen molar-refractivity contribution in [1.82, 2.24) is 5.32 Å². The summed E-state index contributed by atoms with van der Waals surface area (Å²) in [5.74, 6) is -0.513. The monoisotopic (exact) mass is 411 g/mol. The Balaban J connectivity index is 1.60. The zero-order valence-electron chi connectivity index (χ0n) is 15.3. The number of benzene rings is 2. The topological polar surface area (TPSA) is 63.2 Å². The first-order valence-corrected chi connectivity index (χ1v) is 10.6. The molecule has 1 N–H and O–H groups in total. The molecule has 3 atom stereocenters. The van der Waals surface area contributed by atoms with Crippen LogP contribution < -0.4 is 5.32 Å². The molecule has 0 radical (unpaired) electrons. The first-order chi connectivity index (χ1) is 13.0. The molecule has 0 spiro atoms. The fraction of sp³-hybridized carbons (Fsp3) is 0.350. The molecule has 3 rings (SSSR count). The molecular weight excluding hydrogens is 391 g/mol. The van der Waals surface area contributed by atoms with Gasteiger partial charge >= 0.3 is 6.18 Å². The third kappa shape index (κ3) is 4.55. The highest BCUT2D eigenvalue weighted by atomic mass is 32.2. The van der Waals surface area contributed by atoms with Gasteiger partial charge in [0.25, 0.3) is 0 Å². The number of amides is 1. The number of halogens is 3. The second kappa shape index (κ2) is 7.24. The summed E-state index contributed by atoms with van der Waals surface area (Å²) in [6.07, 6.45) is -2.65. The Kier molecular flexibility index (Phi) is 5.27. The van der Waals surface area contributed by atoms with Gasteiger partial charge in [-0.3, -0.25) is 4.79 Å². The molecule has 0 heterocycles. The molecule has 4 nitrogen and oxygen atoms in total. The summed E-state index contributed by atoms with van der Waals surface area (Å²) in [7, 11) is -3.28. The minimum Gasteiger partial charge on any atom is -0.349 e. The van der Waals surface area contributed by atoms with Crippen molar-refractivity contribution >= 4 is 15.7 Å². The predicted molar refractivity (Wildman–Crippen MR) is 98.4 cm³/mol. The molecule has 2 aromatic rings. The minimum absolute atomic E-state index is 0.0814. The Labute approximate surface area is 161 Å². The van der Waals surface area contributed by atoms with Crippen LogP contribution in [0.1, 0.15) is 42.0 Å². The smallest absolute Gasteiger partial charge is 0.349 e. The fourth-order valence-corrected chi connectivity index (χ4v) is 3.81. The molecule has 8 heteroatoms. The molecule has 1 aliphatic carbocycles. The molecule has 150 valence electrons. The molecule has 1 aliphatic rings. The molecule has 0 saturated heterocycles. The summed E-state index contributed by atoms with van der Waals surface area (Å²) in [4.78, 5) is 12.6. The third-order valence-electron chi connectivity index (χ3n) is 4.96. The Bertz CT molecular complexity index is 967. The van der Waals surface area contributed by atoms with E-state index in [0.717, 1.165) is 29.5 Å². The Morgan fingerprint density at radius 3 is 2.14 bits per heavy atom. The maximum Gasteiger partial charge on any atom is 0.416 e. The molecule has 1 saturated carbocycles. The number of rotatable bonds is 5. The average molecular weight is 411 g/mol. The highest BCUT2D eigenvalue weighted by molar-refractivity contribution is 7.90. The first-order valence-electron chi connectivity index (χ1n) is 8.74. The zero-order valence-corrected chi connectivity index (χ0v) is 16.1. The zero-order chi connectivity index (χ0) is 20.7. The second-order valence-electron chi connectivity index (χ2n) is 7.14. The van der Waals surface area contributed by atoms with E-state index in [0.29, 0.717) is 6.42 Å². The van der Waals surface area contributed by atoms with E-state index in [1.165, 1.54) is 24.3 Å². The van der Waals surface area contributed by atoms with Crippen molar-refractivity contribution in [2.45, 2.75) is 36.4 Å². The lowest BCUT2D eigenvalue weighted by Gasteiger charge is -2.15. The molecule has 0 bridgehead atoms. The molecule has 0 aliphatic heterocycles. The summed E-state index contributed by atoms with van der Waals surface area (Å²) < 4.78 is 60.9. The lowest BCUT2D eigenvalue weighted by atomic mass is 10.1. The number of nitrogens with one attached hydrogen (secondary N) is 1. The van der Waals surface area contributed by atoms with E-state index in [1.807, 2.05) is 0 Å². The highest BCUT2D eigenvalue weighted by Crippen LogP contribution is 2.48. The van der Waals surface area contributed by atoms with Gasteiger partial charge in [0.2, 0.25) is 5.91 Å². The van der Waals surface area contributed by atoms with Crippen LogP contribution in [-0.2, 0) is 20.8 Å². The van der Waals surface area contributed by atoms with E-state index >= 15 is 0 Å². The van der Waals surface area contributed by atoms with E-state index in [2.05, 4.69) is 5.32 Å². The van der Waals surface area contributed by atoms with Crippen LogP contribution in [0.2, 0.25) is 0 Å². The van der Waals surface area contributed by atoms with Crippen LogP contribution in [0.3, 0.4) is 0 Å². The van der Waals surface area contributed by atoms with Gasteiger partial charge in [-0.25, -0.2) is 8.42 Å². The molecule has 0 unspecified atom stereocenters. The number of carbonyl (C=O) groups excluding carboxylic acids is 1. The van der Waals surface area contributed by atoms with Crippen LogP contribution in [0.4, 0.5) is 13.2 Å². The van der Waals surface area contributed by atoms with Gasteiger partial charge in [0.1, 0.15) is 0 Å². The van der Waals surface area contributed by atoms with Crippen LogP contribution in [0.5, 0.6) is 0 Å². The minimum atomic E-state index is -4.37. The van der Waals surface area contributed by atoms with Crippen molar-refractivity contribution in [3.63, 3.8) is 0 Å². The van der Waals surface area contributed by atoms with Gasteiger partial charge in [0, 0.05) is 12.2 Å². The van der Waals surface area contributed by atoms with Crippen LogP contribution in [0.25, 0.3) is 0 Å². The van der Waals surface area contributed by atoms with Crippen molar-refractivity contribution < 1.29 is 26.4 Å². The summed E-state index contributed by atoms with van der Waals surface area (Å²) in [6.45, 7) is 1.79. The predicted octanol–water partition coefficient (Wildman–Crippen LogP) is 4.09. The van der Waals surface area contributed by atoms with Crippen LogP contribution in [0.15, 0.2) is 53.4 Å². The lowest BCUT2D eigenvalue weighted by Crippen LogP contribution is -2.28. The largest absolute Gasteiger partial charge is 0.416 e. The van der Waals surface area contributed by atoms with Crippen LogP contribution in [0, 0.1) is 5.92 Å². The quantitative estimate of drug-likeness (QED) is 0.806. The van der Waals surface area contributed by atoms with Crippen molar-refractivity contribution in [2.75, 3.05) is 6.26 Å². The van der Waals surface area contributed by atoms with Crippen LogP contribution >= 0.6 is 0 Å². The SMILES string of the molecule is C[C@H](NC(=O)[C@@H]1C[C@H]1c1ccc(C(F)(F)F)cc1)c1ccc(S(C)(=O)=O)cc1.